The molecule has 0 fully saturated rings. The summed E-state index contributed by atoms with van der Waals surface area (Å²) in [6, 6.07) is 7.69. The molecule has 0 radical (unpaired) electrons. The molecule has 1 rings (SSSR count). The van der Waals surface area contributed by atoms with E-state index >= 15 is 0 Å². The van der Waals surface area contributed by atoms with Gasteiger partial charge < -0.3 is 5.73 Å². The maximum Gasteiger partial charge on any atom is 0.242 e. The lowest BCUT2D eigenvalue weighted by Gasteiger charge is -2.16. The van der Waals surface area contributed by atoms with Gasteiger partial charge in [-0.25, -0.2) is 13.1 Å². The van der Waals surface area contributed by atoms with Crippen LogP contribution < -0.4 is 10.5 Å². The molecule has 6 heteroatoms. The molecule has 98 valence electrons. The molecule has 0 heterocycles. The summed E-state index contributed by atoms with van der Waals surface area (Å²) in [4.78, 5) is 0.00190. The first-order valence-electron chi connectivity index (χ1n) is 5.76. The van der Waals surface area contributed by atoms with Gasteiger partial charge in [0.05, 0.1) is 10.5 Å². The van der Waals surface area contributed by atoms with Gasteiger partial charge in [-0.05, 0) is 18.6 Å². The molecule has 5 nitrogen and oxygen atoms in total. The van der Waals surface area contributed by atoms with Gasteiger partial charge in [-0.2, -0.15) is 5.26 Å². The molecule has 0 aromatic heterocycles. The molecule has 0 amide bonds. The van der Waals surface area contributed by atoms with Crippen molar-refractivity contribution in [2.45, 2.75) is 30.7 Å². The fourth-order valence-electron chi connectivity index (χ4n) is 1.65. The number of nitrogens with two attached hydrogens (primary N) is 1. The molecule has 1 aromatic carbocycles. The summed E-state index contributed by atoms with van der Waals surface area (Å²) in [5.74, 6) is 0. The average Bonchev–Trinajstić information content (AvgIpc) is 2.38. The third kappa shape index (κ3) is 3.53. The van der Waals surface area contributed by atoms with Crippen LogP contribution in [-0.2, 0) is 10.0 Å². The van der Waals surface area contributed by atoms with Gasteiger partial charge in [0.1, 0.15) is 6.07 Å². The minimum atomic E-state index is -3.69. The van der Waals surface area contributed by atoms with Crippen LogP contribution in [0.3, 0.4) is 0 Å². The van der Waals surface area contributed by atoms with Crippen LogP contribution >= 0.6 is 0 Å². The Morgan fingerprint density at radius 2 is 2.11 bits per heavy atom. The van der Waals surface area contributed by atoms with E-state index in [-0.39, 0.29) is 23.0 Å². The van der Waals surface area contributed by atoms with Crippen molar-refractivity contribution in [2.24, 2.45) is 5.73 Å². The van der Waals surface area contributed by atoms with Crippen molar-refractivity contribution in [3.63, 3.8) is 0 Å². The first-order valence-corrected chi connectivity index (χ1v) is 7.25. The number of nitrogens with one attached hydrogen (secondary N) is 1. The zero-order valence-electron chi connectivity index (χ0n) is 10.3. The number of sulfonamides is 1. The molecule has 18 heavy (non-hydrogen) atoms. The van der Waals surface area contributed by atoms with Crippen LogP contribution in [0.25, 0.3) is 0 Å². The Labute approximate surface area is 108 Å². The van der Waals surface area contributed by atoms with E-state index in [4.69, 9.17) is 11.0 Å². The minimum Gasteiger partial charge on any atom is -0.329 e. The number of rotatable bonds is 6. The zero-order valence-corrected chi connectivity index (χ0v) is 11.1. The average molecular weight is 267 g/mol. The van der Waals surface area contributed by atoms with Crippen LogP contribution in [0.2, 0.25) is 0 Å². The van der Waals surface area contributed by atoms with Gasteiger partial charge >= 0.3 is 0 Å². The molecule has 0 aliphatic heterocycles. The molecular formula is C12H17N3O2S. The van der Waals surface area contributed by atoms with Crippen molar-refractivity contribution in [1.29, 1.82) is 5.26 Å². The van der Waals surface area contributed by atoms with Crippen molar-refractivity contribution in [3.8, 4) is 6.07 Å². The number of benzene rings is 1. The van der Waals surface area contributed by atoms with Crippen LogP contribution in [0.4, 0.5) is 0 Å². The van der Waals surface area contributed by atoms with E-state index in [1.165, 1.54) is 12.1 Å². The third-order valence-electron chi connectivity index (χ3n) is 2.54. The quantitative estimate of drug-likeness (QED) is 0.802. The van der Waals surface area contributed by atoms with Crippen LogP contribution in [0.15, 0.2) is 29.2 Å². The molecule has 1 aromatic rings. The molecule has 1 atom stereocenters. The van der Waals surface area contributed by atoms with Gasteiger partial charge in [-0.3, -0.25) is 0 Å². The summed E-state index contributed by atoms with van der Waals surface area (Å²) in [6.45, 7) is 2.20. The van der Waals surface area contributed by atoms with E-state index in [1.54, 1.807) is 12.1 Å². The number of nitrogens with zero attached hydrogens (tertiary/aromatic N) is 1. The highest BCUT2D eigenvalue weighted by Crippen LogP contribution is 2.15. The first-order chi connectivity index (χ1) is 8.55. The molecule has 0 aliphatic carbocycles. The van der Waals surface area contributed by atoms with Crippen molar-refractivity contribution in [2.75, 3.05) is 6.54 Å². The van der Waals surface area contributed by atoms with E-state index in [1.807, 2.05) is 13.0 Å². The Balaban J connectivity index is 3.03. The SMILES string of the molecule is CCCC(CN)NS(=O)(=O)c1ccccc1C#N. The van der Waals surface area contributed by atoms with Crippen molar-refractivity contribution in [1.82, 2.24) is 4.72 Å². The summed E-state index contributed by atoms with van der Waals surface area (Å²) in [7, 11) is -3.69. The molecular weight excluding hydrogens is 250 g/mol. The van der Waals surface area contributed by atoms with E-state index in [9.17, 15) is 8.42 Å². The highest BCUT2D eigenvalue weighted by molar-refractivity contribution is 7.89. The third-order valence-corrected chi connectivity index (χ3v) is 4.12. The van der Waals surface area contributed by atoms with E-state index in [2.05, 4.69) is 4.72 Å². The van der Waals surface area contributed by atoms with E-state index in [0.29, 0.717) is 6.42 Å². The van der Waals surface area contributed by atoms with Gasteiger partial charge in [0, 0.05) is 12.6 Å². The van der Waals surface area contributed by atoms with Crippen molar-refractivity contribution >= 4 is 10.0 Å². The van der Waals surface area contributed by atoms with Crippen LogP contribution in [0.1, 0.15) is 25.3 Å². The molecule has 0 saturated carbocycles. The smallest absolute Gasteiger partial charge is 0.242 e. The monoisotopic (exact) mass is 267 g/mol. The van der Waals surface area contributed by atoms with Gasteiger partial charge in [0.15, 0.2) is 0 Å². The number of hydrogen-bond acceptors (Lipinski definition) is 4. The Kier molecular flexibility index (Phi) is 5.28. The van der Waals surface area contributed by atoms with E-state index < -0.39 is 10.0 Å². The second-order valence-corrected chi connectivity index (χ2v) is 5.63. The maximum absolute atomic E-state index is 12.1. The first kappa shape index (κ1) is 14.6. The predicted octanol–water partition coefficient (Wildman–Crippen LogP) is 0.964. The molecule has 0 bridgehead atoms. The largest absolute Gasteiger partial charge is 0.329 e. The van der Waals surface area contributed by atoms with Crippen molar-refractivity contribution < 1.29 is 8.42 Å². The highest BCUT2D eigenvalue weighted by atomic mass is 32.2. The summed E-state index contributed by atoms with van der Waals surface area (Å²) in [6.07, 6.45) is 1.51. The maximum atomic E-state index is 12.1. The summed E-state index contributed by atoms with van der Waals surface area (Å²) in [5.41, 5.74) is 5.66. The second kappa shape index (κ2) is 6.50. The molecule has 0 saturated heterocycles. The fourth-order valence-corrected chi connectivity index (χ4v) is 3.09. The Hall–Kier alpha value is -1.42. The zero-order chi connectivity index (χ0) is 13.6. The Bertz CT molecular complexity index is 534. The van der Waals surface area contributed by atoms with Crippen LogP contribution in [0, 0.1) is 11.3 Å². The second-order valence-electron chi connectivity index (χ2n) is 3.95. The fraction of sp³-hybridized carbons (Fsp3) is 0.417. The molecule has 0 spiro atoms. The van der Waals surface area contributed by atoms with Gasteiger partial charge in [0.2, 0.25) is 10.0 Å². The lowest BCUT2D eigenvalue weighted by atomic mass is 10.2. The Morgan fingerprint density at radius 3 is 2.67 bits per heavy atom. The lowest BCUT2D eigenvalue weighted by Crippen LogP contribution is -2.40. The van der Waals surface area contributed by atoms with Gasteiger partial charge in [-0.1, -0.05) is 25.5 Å². The van der Waals surface area contributed by atoms with Crippen molar-refractivity contribution in [3.05, 3.63) is 29.8 Å². The minimum absolute atomic E-state index is 0.00190. The normalized spacial score (nSPS) is 12.9. The topological polar surface area (TPSA) is 96.0 Å². The van der Waals surface area contributed by atoms with E-state index in [0.717, 1.165) is 6.42 Å². The summed E-state index contributed by atoms with van der Waals surface area (Å²) >= 11 is 0. The van der Waals surface area contributed by atoms with Crippen LogP contribution in [0.5, 0.6) is 0 Å². The molecule has 0 aliphatic rings. The highest BCUT2D eigenvalue weighted by Gasteiger charge is 2.21. The summed E-state index contributed by atoms with van der Waals surface area (Å²) in [5, 5.41) is 8.91. The number of hydrogen-bond donors (Lipinski definition) is 2. The Morgan fingerprint density at radius 1 is 1.44 bits per heavy atom. The van der Waals surface area contributed by atoms with Gasteiger partial charge in [-0.15, -0.1) is 0 Å². The standard InChI is InChI=1S/C12H17N3O2S/c1-2-5-11(9-14)15-18(16,17)12-7-4-3-6-10(12)8-13/h3-4,6-7,11,15H,2,5,9,14H2,1H3. The number of nitriles is 1. The molecule has 3 N–H and O–H groups in total. The van der Waals surface area contributed by atoms with Crippen LogP contribution in [-0.4, -0.2) is 21.0 Å². The molecule has 1 unspecified atom stereocenters. The predicted molar refractivity (Wildman–Crippen MR) is 69.2 cm³/mol. The van der Waals surface area contributed by atoms with Gasteiger partial charge in [0.25, 0.3) is 0 Å². The lowest BCUT2D eigenvalue weighted by molar-refractivity contribution is 0.527. The summed E-state index contributed by atoms with van der Waals surface area (Å²) < 4.78 is 26.8.